The zero-order valence-electron chi connectivity index (χ0n) is 27.0. The van der Waals surface area contributed by atoms with E-state index in [1.54, 1.807) is 50.1 Å². The van der Waals surface area contributed by atoms with E-state index in [2.05, 4.69) is 33.2 Å². The molecule has 1 saturated carbocycles. The number of aliphatic hydroxyl groups excluding tert-OH is 1. The van der Waals surface area contributed by atoms with Crippen LogP contribution in [0.5, 0.6) is 0 Å². The van der Waals surface area contributed by atoms with Crippen LogP contribution in [0.25, 0.3) is 0 Å². The van der Waals surface area contributed by atoms with Crippen molar-refractivity contribution >= 4 is 46.3 Å². The van der Waals surface area contributed by atoms with Crippen molar-refractivity contribution in [3.63, 3.8) is 0 Å². The van der Waals surface area contributed by atoms with Gasteiger partial charge in [0.25, 0.3) is 5.91 Å². The number of amides is 2. The summed E-state index contributed by atoms with van der Waals surface area (Å²) in [5.41, 5.74) is -0.0223. The summed E-state index contributed by atoms with van der Waals surface area (Å²) in [5, 5.41) is 17.1. The lowest BCUT2D eigenvalue weighted by molar-refractivity contribution is -0.201. The van der Waals surface area contributed by atoms with Crippen LogP contribution in [0.1, 0.15) is 61.5 Å². The van der Waals surface area contributed by atoms with E-state index in [0.29, 0.717) is 11.1 Å². The van der Waals surface area contributed by atoms with Crippen molar-refractivity contribution in [1.29, 1.82) is 0 Å². The van der Waals surface area contributed by atoms with Crippen LogP contribution in [0.15, 0.2) is 48.5 Å². The number of carbonyl (C=O) groups excluding carboxylic acids is 4. The van der Waals surface area contributed by atoms with Gasteiger partial charge in [-0.25, -0.2) is 0 Å². The van der Waals surface area contributed by atoms with Gasteiger partial charge in [0.15, 0.2) is 6.04 Å². The van der Waals surface area contributed by atoms with E-state index in [4.69, 9.17) is 23.8 Å². The second-order valence-electron chi connectivity index (χ2n) is 13.6. The van der Waals surface area contributed by atoms with Gasteiger partial charge in [0.05, 0.1) is 19.2 Å². The molecule has 4 fully saturated rings. The fourth-order valence-corrected chi connectivity index (χ4v) is 7.52. The average Bonchev–Trinajstić information content (AvgIpc) is 3.67. The zero-order chi connectivity index (χ0) is 34.2. The SMILES string of the molecule is CC(C)(C)OC(=O)CC[C@@H](CO)NC(=O)c1cccc(CNC(=O)[C@@]23C[C@H]4OC(=O)[C@@H]2N(Cc2ccccc2I)O[C@@H]3[C@H]2OCO[C@H]24)c1. The van der Waals surface area contributed by atoms with Gasteiger partial charge in [-0.05, 0) is 79.1 Å². The highest BCUT2D eigenvalue weighted by Crippen LogP contribution is 2.55. The zero-order valence-corrected chi connectivity index (χ0v) is 29.1. The van der Waals surface area contributed by atoms with Crippen LogP contribution in [0.2, 0.25) is 0 Å². The second-order valence-corrected chi connectivity index (χ2v) is 14.7. The number of hydroxylamine groups is 2. The molecule has 3 aliphatic heterocycles. The Hall–Kier alpha value is -3.15. The van der Waals surface area contributed by atoms with E-state index in [1.165, 1.54) is 0 Å². The number of halogens is 1. The summed E-state index contributed by atoms with van der Waals surface area (Å²) in [6.07, 6.45) is -2.14. The van der Waals surface area contributed by atoms with Crippen LogP contribution >= 0.6 is 22.6 Å². The summed E-state index contributed by atoms with van der Waals surface area (Å²) in [6, 6.07) is 12.8. The summed E-state index contributed by atoms with van der Waals surface area (Å²) in [7, 11) is 0. The lowest BCUT2D eigenvalue weighted by Gasteiger charge is -2.48. The predicted molar refractivity (Wildman–Crippen MR) is 177 cm³/mol. The van der Waals surface area contributed by atoms with Crippen molar-refractivity contribution in [2.24, 2.45) is 5.41 Å². The summed E-state index contributed by atoms with van der Waals surface area (Å²) in [6.45, 7) is 5.31. The van der Waals surface area contributed by atoms with E-state index in [0.717, 1.165) is 9.13 Å². The number of esters is 2. The summed E-state index contributed by atoms with van der Waals surface area (Å²) < 4.78 is 23.8. The maximum absolute atomic E-state index is 14.3. The minimum atomic E-state index is -1.30. The molecule has 13 nitrogen and oxygen atoms in total. The quantitative estimate of drug-likeness (QED) is 0.227. The Morgan fingerprint density at radius 2 is 1.90 bits per heavy atom. The largest absolute Gasteiger partial charge is 0.460 e. The van der Waals surface area contributed by atoms with Crippen LogP contribution in [0.4, 0.5) is 0 Å². The summed E-state index contributed by atoms with van der Waals surface area (Å²) in [4.78, 5) is 59.5. The molecular weight excluding hydrogens is 737 g/mol. The molecule has 0 unspecified atom stereocenters. The van der Waals surface area contributed by atoms with E-state index in [1.807, 2.05) is 24.3 Å². The minimum absolute atomic E-state index is 0.00912. The monoisotopic (exact) mass is 777 g/mol. The van der Waals surface area contributed by atoms with Crippen LogP contribution in [0, 0.1) is 8.99 Å². The van der Waals surface area contributed by atoms with E-state index >= 15 is 0 Å². The number of hydrogen-bond acceptors (Lipinski definition) is 11. The first kappa shape index (κ1) is 34.7. The van der Waals surface area contributed by atoms with Gasteiger partial charge in [0, 0.05) is 28.5 Å². The Labute approximate surface area is 292 Å². The summed E-state index contributed by atoms with van der Waals surface area (Å²) in [5.74, 6) is -1.78. The number of rotatable bonds is 11. The molecule has 4 aliphatic rings. The number of ether oxygens (including phenoxy) is 4. The number of nitrogens with one attached hydrogen (secondary N) is 2. The molecular formula is C34H40IN3O10. The van der Waals surface area contributed by atoms with E-state index < -0.39 is 65.4 Å². The fraction of sp³-hybridized carbons (Fsp3) is 0.529. The standard InChI is InChI=1S/C34H40IN3O10/c1-33(2,3)47-25(40)12-11-22(17-39)37-30(41)20-9-6-7-19(13-20)15-36-32(43)34-14-24-26-27(45-18-44-26)29(34)48-38(28(34)31(42)46-24)16-21-8-4-5-10-23(21)35/h4-10,13,22,24,26-29,39H,11-12,14-18H2,1-3H3,(H,36,43)(H,37,41)/t22-,24+,26-,27-,28-,29+,34-/m0/s1. The molecule has 1 aliphatic carbocycles. The number of nitrogens with zero attached hydrogens (tertiary/aromatic N) is 1. The van der Waals surface area contributed by atoms with Crippen LogP contribution < -0.4 is 10.6 Å². The lowest BCUT2D eigenvalue weighted by Crippen LogP contribution is -2.69. The number of benzene rings is 2. The van der Waals surface area contributed by atoms with Gasteiger partial charge in [-0.1, -0.05) is 30.3 Å². The number of aliphatic hydroxyl groups is 1. The fourth-order valence-electron chi connectivity index (χ4n) is 6.96. The van der Waals surface area contributed by atoms with E-state index in [9.17, 15) is 24.3 Å². The Kier molecular flexibility index (Phi) is 10.1. The molecule has 48 heavy (non-hydrogen) atoms. The molecule has 3 N–H and O–H groups in total. The second kappa shape index (κ2) is 14.0. The first-order valence-corrected chi connectivity index (χ1v) is 17.1. The van der Waals surface area contributed by atoms with Gasteiger partial charge >= 0.3 is 11.9 Å². The number of hydrogen-bond donors (Lipinski definition) is 3. The maximum Gasteiger partial charge on any atom is 0.327 e. The minimum Gasteiger partial charge on any atom is -0.460 e. The van der Waals surface area contributed by atoms with Crippen molar-refractivity contribution in [1.82, 2.24) is 15.7 Å². The van der Waals surface area contributed by atoms with Crippen molar-refractivity contribution in [2.45, 2.75) is 95.2 Å². The third kappa shape index (κ3) is 6.96. The highest BCUT2D eigenvalue weighted by atomic mass is 127. The number of carbonyl (C=O) groups is 4. The highest BCUT2D eigenvalue weighted by Gasteiger charge is 2.74. The topological polar surface area (TPSA) is 162 Å². The van der Waals surface area contributed by atoms with Crippen molar-refractivity contribution in [3.05, 3.63) is 68.8 Å². The Bertz CT molecular complexity index is 1570. The van der Waals surface area contributed by atoms with E-state index in [-0.39, 0.29) is 51.7 Å². The Balaban J connectivity index is 1.15. The molecule has 2 aromatic rings. The van der Waals surface area contributed by atoms with Crippen LogP contribution in [-0.4, -0.2) is 89.4 Å². The van der Waals surface area contributed by atoms with Crippen molar-refractivity contribution in [2.75, 3.05) is 13.4 Å². The van der Waals surface area contributed by atoms with Crippen molar-refractivity contribution in [3.8, 4) is 0 Å². The molecule has 14 heteroatoms. The Morgan fingerprint density at radius 3 is 2.65 bits per heavy atom. The van der Waals surface area contributed by atoms with Gasteiger partial charge in [-0.15, -0.1) is 0 Å². The molecule has 7 atom stereocenters. The predicted octanol–water partition coefficient (Wildman–Crippen LogP) is 2.36. The highest BCUT2D eigenvalue weighted by molar-refractivity contribution is 14.1. The molecule has 2 bridgehead atoms. The Morgan fingerprint density at radius 1 is 1.12 bits per heavy atom. The molecule has 0 radical (unpaired) electrons. The van der Waals surface area contributed by atoms with Crippen LogP contribution in [0.3, 0.4) is 0 Å². The van der Waals surface area contributed by atoms with Gasteiger partial charge < -0.3 is 34.7 Å². The third-order valence-electron chi connectivity index (χ3n) is 9.09. The van der Waals surface area contributed by atoms with Crippen LogP contribution in [-0.2, 0) is 51.3 Å². The van der Waals surface area contributed by atoms with Gasteiger partial charge in [0.1, 0.15) is 42.2 Å². The smallest absolute Gasteiger partial charge is 0.327 e. The molecule has 0 spiro atoms. The first-order chi connectivity index (χ1) is 22.9. The lowest BCUT2D eigenvalue weighted by atomic mass is 9.62. The maximum atomic E-state index is 14.3. The van der Waals surface area contributed by atoms with Gasteiger partial charge in [-0.3, -0.25) is 24.0 Å². The molecule has 3 heterocycles. The first-order valence-electron chi connectivity index (χ1n) is 16.0. The molecule has 2 amide bonds. The van der Waals surface area contributed by atoms with Crippen molar-refractivity contribution < 1.29 is 48.1 Å². The summed E-state index contributed by atoms with van der Waals surface area (Å²) >= 11 is 2.23. The molecule has 3 saturated heterocycles. The molecule has 6 rings (SSSR count). The average molecular weight is 778 g/mol. The van der Waals surface area contributed by atoms with Gasteiger partial charge in [-0.2, -0.15) is 5.06 Å². The molecule has 258 valence electrons. The molecule has 2 aromatic carbocycles. The molecule has 0 aromatic heterocycles. The third-order valence-corrected chi connectivity index (χ3v) is 10.1. The number of fused-ring (bicyclic) bond motifs is 4. The van der Waals surface area contributed by atoms with Gasteiger partial charge in [0.2, 0.25) is 5.91 Å². The normalized spacial score (nSPS) is 28.3.